The Morgan fingerprint density at radius 3 is 2.63 bits per heavy atom. The summed E-state index contributed by atoms with van der Waals surface area (Å²) in [6, 6.07) is 6.22. The Morgan fingerprint density at radius 1 is 1.23 bits per heavy atom. The van der Waals surface area contributed by atoms with Gasteiger partial charge in [-0.2, -0.15) is 0 Å². The van der Waals surface area contributed by atoms with E-state index in [-0.39, 0.29) is 24.7 Å². The normalized spacial score (nSPS) is 17.2. The summed E-state index contributed by atoms with van der Waals surface area (Å²) < 4.78 is 27.0. The van der Waals surface area contributed by atoms with Gasteiger partial charge in [-0.25, -0.2) is 13.8 Å². The van der Waals surface area contributed by atoms with Crippen LogP contribution in [0.5, 0.6) is 0 Å². The largest absolute Gasteiger partial charge is 0.346 e. The Bertz CT molecular complexity index is 1070. The van der Waals surface area contributed by atoms with Crippen molar-refractivity contribution in [2.75, 3.05) is 11.4 Å². The van der Waals surface area contributed by atoms with E-state index in [2.05, 4.69) is 15.3 Å². The molecule has 3 aromatic rings. The van der Waals surface area contributed by atoms with Crippen LogP contribution in [0.2, 0.25) is 0 Å². The van der Waals surface area contributed by atoms with Crippen LogP contribution in [0.25, 0.3) is 11.3 Å². The van der Waals surface area contributed by atoms with Gasteiger partial charge in [0.05, 0.1) is 11.7 Å². The molecular weight excluding hydrogens is 410 g/mol. The number of carbonyl (C=O) groups excluding carboxylic acids is 2. The third-order valence-electron chi connectivity index (χ3n) is 4.91. The summed E-state index contributed by atoms with van der Waals surface area (Å²) >= 11 is 1.41. The van der Waals surface area contributed by atoms with Crippen LogP contribution in [0.15, 0.2) is 48.1 Å². The van der Waals surface area contributed by atoms with Crippen molar-refractivity contribution in [2.24, 2.45) is 5.92 Å². The van der Waals surface area contributed by atoms with Crippen molar-refractivity contribution in [2.45, 2.75) is 19.4 Å². The van der Waals surface area contributed by atoms with Crippen LogP contribution in [0.3, 0.4) is 0 Å². The lowest BCUT2D eigenvalue weighted by Crippen LogP contribution is -2.38. The van der Waals surface area contributed by atoms with E-state index < -0.39 is 29.4 Å². The molecule has 2 unspecified atom stereocenters. The number of pyridine rings is 1. The monoisotopic (exact) mass is 428 g/mol. The molecule has 1 N–H and O–H groups in total. The molecule has 3 heterocycles. The highest BCUT2D eigenvalue weighted by atomic mass is 32.1. The first-order valence-corrected chi connectivity index (χ1v) is 10.2. The summed E-state index contributed by atoms with van der Waals surface area (Å²) in [7, 11) is 0. The van der Waals surface area contributed by atoms with Gasteiger partial charge in [-0.15, -0.1) is 11.3 Å². The second-order valence-corrected chi connectivity index (χ2v) is 7.89. The Morgan fingerprint density at radius 2 is 1.93 bits per heavy atom. The van der Waals surface area contributed by atoms with Gasteiger partial charge in [0.2, 0.25) is 11.8 Å². The summed E-state index contributed by atoms with van der Waals surface area (Å²) in [6.07, 6.45) is 3.64. The minimum atomic E-state index is -0.904. The zero-order valence-corrected chi connectivity index (χ0v) is 16.8. The number of halogens is 2. The van der Waals surface area contributed by atoms with Gasteiger partial charge in [0, 0.05) is 41.6 Å². The van der Waals surface area contributed by atoms with Crippen molar-refractivity contribution in [1.29, 1.82) is 0 Å². The van der Waals surface area contributed by atoms with E-state index in [0.29, 0.717) is 5.01 Å². The molecule has 4 rings (SSSR count). The highest BCUT2D eigenvalue weighted by Crippen LogP contribution is 2.29. The molecule has 1 aromatic carbocycles. The van der Waals surface area contributed by atoms with Gasteiger partial charge >= 0.3 is 0 Å². The fraction of sp³-hybridized carbons (Fsp3) is 0.238. The fourth-order valence-corrected chi connectivity index (χ4v) is 4.23. The summed E-state index contributed by atoms with van der Waals surface area (Å²) in [5, 5.41) is 5.44. The Labute approximate surface area is 175 Å². The summed E-state index contributed by atoms with van der Waals surface area (Å²) in [5.74, 6) is -3.34. The lowest BCUT2D eigenvalue weighted by Gasteiger charge is -2.18. The number of thiazole rings is 1. The van der Waals surface area contributed by atoms with Gasteiger partial charge in [0.1, 0.15) is 22.6 Å². The van der Waals surface area contributed by atoms with Gasteiger partial charge < -0.3 is 10.2 Å². The van der Waals surface area contributed by atoms with Crippen molar-refractivity contribution in [3.63, 3.8) is 0 Å². The molecule has 0 bridgehead atoms. The number of amides is 2. The van der Waals surface area contributed by atoms with Gasteiger partial charge in [-0.05, 0) is 37.6 Å². The van der Waals surface area contributed by atoms with Crippen LogP contribution < -0.4 is 10.2 Å². The van der Waals surface area contributed by atoms with Crippen LogP contribution in [0, 0.1) is 17.6 Å². The van der Waals surface area contributed by atoms with Gasteiger partial charge in [0.15, 0.2) is 0 Å². The number of hydrogen-bond donors (Lipinski definition) is 1. The Balaban J connectivity index is 1.43. The molecule has 1 aliphatic heterocycles. The highest BCUT2D eigenvalue weighted by molar-refractivity contribution is 7.10. The first kappa shape index (κ1) is 20.1. The van der Waals surface area contributed by atoms with Gasteiger partial charge in [0.25, 0.3) is 0 Å². The number of hydrogen-bond acceptors (Lipinski definition) is 5. The molecule has 0 aliphatic carbocycles. The predicted molar refractivity (Wildman–Crippen MR) is 109 cm³/mol. The molecule has 2 atom stereocenters. The summed E-state index contributed by atoms with van der Waals surface area (Å²) in [4.78, 5) is 35.1. The number of carbonyl (C=O) groups is 2. The van der Waals surface area contributed by atoms with E-state index >= 15 is 0 Å². The number of nitrogens with zero attached hydrogens (tertiary/aromatic N) is 3. The maximum absolute atomic E-state index is 13.5. The first-order valence-electron chi connectivity index (χ1n) is 9.36. The Hall–Kier alpha value is -3.20. The molecule has 9 heteroatoms. The molecule has 30 heavy (non-hydrogen) atoms. The van der Waals surface area contributed by atoms with Crippen LogP contribution in [0.1, 0.15) is 24.4 Å². The molecule has 2 amide bonds. The number of benzene rings is 1. The summed E-state index contributed by atoms with van der Waals surface area (Å²) in [6.45, 7) is 2.02. The van der Waals surface area contributed by atoms with Crippen molar-refractivity contribution in [3.05, 3.63) is 64.7 Å². The maximum Gasteiger partial charge on any atom is 0.239 e. The fourth-order valence-electron chi connectivity index (χ4n) is 3.39. The second kappa shape index (κ2) is 8.27. The van der Waals surface area contributed by atoms with E-state index in [4.69, 9.17) is 0 Å². The zero-order chi connectivity index (χ0) is 21.3. The van der Waals surface area contributed by atoms with Crippen molar-refractivity contribution in [1.82, 2.24) is 15.3 Å². The number of rotatable bonds is 5. The first-order chi connectivity index (χ1) is 14.4. The van der Waals surface area contributed by atoms with Gasteiger partial charge in [-0.1, -0.05) is 0 Å². The highest BCUT2D eigenvalue weighted by Gasteiger charge is 2.38. The number of nitrogens with one attached hydrogen (secondary N) is 1. The molecule has 6 nitrogen and oxygen atoms in total. The minimum Gasteiger partial charge on any atom is -0.346 e. The average Bonchev–Trinajstić information content (AvgIpc) is 3.35. The predicted octanol–water partition coefficient (Wildman–Crippen LogP) is 3.71. The van der Waals surface area contributed by atoms with Crippen LogP contribution in [-0.4, -0.2) is 28.3 Å². The molecule has 2 aromatic heterocycles. The second-order valence-electron chi connectivity index (χ2n) is 7.00. The van der Waals surface area contributed by atoms with Gasteiger partial charge in [-0.3, -0.25) is 14.6 Å². The Kier molecular flexibility index (Phi) is 5.54. The van der Waals surface area contributed by atoms with E-state index in [0.717, 1.165) is 29.5 Å². The molecular formula is C21H18F2N4O2S. The topological polar surface area (TPSA) is 75.2 Å². The third kappa shape index (κ3) is 4.06. The quantitative estimate of drug-likeness (QED) is 0.629. The lowest BCUT2D eigenvalue weighted by molar-refractivity contribution is -0.132. The maximum atomic E-state index is 13.5. The smallest absolute Gasteiger partial charge is 0.239 e. The van der Waals surface area contributed by atoms with E-state index in [1.807, 2.05) is 17.5 Å². The number of aromatic nitrogens is 2. The van der Waals surface area contributed by atoms with E-state index in [9.17, 15) is 18.4 Å². The molecule has 0 radical (unpaired) electrons. The number of anilines is 1. The lowest BCUT2D eigenvalue weighted by atomic mass is 10.1. The molecule has 0 spiro atoms. The summed E-state index contributed by atoms with van der Waals surface area (Å²) in [5.41, 5.74) is 1.83. The molecule has 154 valence electrons. The molecule has 0 saturated carbocycles. The van der Waals surface area contributed by atoms with Crippen molar-refractivity contribution in [3.8, 4) is 11.3 Å². The van der Waals surface area contributed by atoms with Crippen LogP contribution in [0.4, 0.5) is 14.5 Å². The molecule has 1 fully saturated rings. The van der Waals surface area contributed by atoms with Crippen LogP contribution >= 0.6 is 11.3 Å². The van der Waals surface area contributed by atoms with Crippen molar-refractivity contribution < 1.29 is 18.4 Å². The van der Waals surface area contributed by atoms with Crippen molar-refractivity contribution >= 4 is 28.8 Å². The zero-order valence-electron chi connectivity index (χ0n) is 16.0. The standard InChI is InChI=1S/C21H18F2N4O2S/c1-12(20-26-18(11-30-20)13-2-5-24-6-3-13)25-19(28)17-4-7-27(21(17)29)16-9-14(22)8-15(23)10-16/h2-3,5-6,8-12,17H,4,7H2,1H3,(H,25,28). The average molecular weight is 428 g/mol. The third-order valence-corrected chi connectivity index (χ3v) is 5.94. The minimum absolute atomic E-state index is 0.114. The van der Waals surface area contributed by atoms with Crippen LogP contribution in [-0.2, 0) is 9.59 Å². The van der Waals surface area contributed by atoms with E-state index in [1.165, 1.54) is 16.2 Å². The molecule has 1 saturated heterocycles. The SMILES string of the molecule is CC(NC(=O)C1CCN(c2cc(F)cc(F)c2)C1=O)c1nc(-c2ccncc2)cs1. The molecule has 1 aliphatic rings. The van der Waals surface area contributed by atoms with E-state index in [1.54, 1.807) is 19.3 Å².